The molecule has 3 atom stereocenters. The number of anilines is 1. The van der Waals surface area contributed by atoms with E-state index in [1.54, 1.807) is 7.05 Å². The molecule has 26 heavy (non-hydrogen) atoms. The zero-order valence-electron chi connectivity index (χ0n) is 15.4. The number of nitrogens with zero attached hydrogens (tertiary/aromatic N) is 2. The van der Waals surface area contributed by atoms with E-state index in [2.05, 4.69) is 15.6 Å². The predicted octanol–water partition coefficient (Wildman–Crippen LogP) is 2.30. The molecule has 0 radical (unpaired) electrons. The molecule has 1 aromatic carbocycles. The third-order valence-corrected chi connectivity index (χ3v) is 5.31. The zero-order valence-corrected chi connectivity index (χ0v) is 15.4. The number of para-hydroxylation sites is 1. The molecule has 4 N–H and O–H groups in total. The Morgan fingerprint density at radius 3 is 2.73 bits per heavy atom. The number of aliphatic imine (C=N–C) groups is 1. The van der Waals surface area contributed by atoms with Crippen LogP contribution in [0.5, 0.6) is 0 Å². The largest absolute Gasteiger partial charge is 0.369 e. The maximum Gasteiger partial charge on any atom is 0.319 e. The van der Waals surface area contributed by atoms with Crippen LogP contribution in [0.25, 0.3) is 0 Å². The molecule has 1 fully saturated rings. The lowest BCUT2D eigenvalue weighted by Gasteiger charge is -2.33. The highest BCUT2D eigenvalue weighted by atomic mass is 16.2. The first kappa shape index (κ1) is 18.2. The van der Waals surface area contributed by atoms with Gasteiger partial charge >= 0.3 is 6.03 Å². The van der Waals surface area contributed by atoms with Crippen molar-refractivity contribution in [2.45, 2.75) is 50.6 Å². The number of amides is 3. The summed E-state index contributed by atoms with van der Waals surface area (Å²) in [5.74, 6) is 0.569. The van der Waals surface area contributed by atoms with Gasteiger partial charge in [0.25, 0.3) is 5.91 Å². The lowest BCUT2D eigenvalue weighted by atomic mass is 9.78. The summed E-state index contributed by atoms with van der Waals surface area (Å²) in [5.41, 5.74) is 5.80. The van der Waals surface area contributed by atoms with Crippen LogP contribution in [0.15, 0.2) is 35.3 Å². The van der Waals surface area contributed by atoms with E-state index in [1.165, 1.54) is 4.90 Å². The molecule has 0 unspecified atom stereocenters. The fourth-order valence-corrected chi connectivity index (χ4v) is 4.02. The minimum Gasteiger partial charge on any atom is -0.369 e. The Labute approximate surface area is 154 Å². The highest BCUT2D eigenvalue weighted by Crippen LogP contribution is 2.35. The van der Waals surface area contributed by atoms with Crippen molar-refractivity contribution >= 4 is 23.6 Å². The lowest BCUT2D eigenvalue weighted by Crippen LogP contribution is -2.44. The monoisotopic (exact) mass is 357 g/mol. The van der Waals surface area contributed by atoms with E-state index in [0.717, 1.165) is 31.4 Å². The van der Waals surface area contributed by atoms with Crippen molar-refractivity contribution in [3.63, 3.8) is 0 Å². The first-order valence-corrected chi connectivity index (χ1v) is 9.13. The second kappa shape index (κ2) is 7.35. The smallest absolute Gasteiger partial charge is 0.319 e. The van der Waals surface area contributed by atoms with Crippen LogP contribution in [-0.4, -0.2) is 41.4 Å². The average Bonchev–Trinajstić information content (AvgIpc) is 2.79. The predicted molar refractivity (Wildman–Crippen MR) is 102 cm³/mol. The summed E-state index contributed by atoms with van der Waals surface area (Å²) in [6.07, 6.45) is 4.54. The summed E-state index contributed by atoms with van der Waals surface area (Å²) in [7, 11) is 1.66. The van der Waals surface area contributed by atoms with E-state index < -0.39 is 5.54 Å². The van der Waals surface area contributed by atoms with Crippen molar-refractivity contribution < 1.29 is 9.59 Å². The Morgan fingerprint density at radius 2 is 2.08 bits per heavy atom. The van der Waals surface area contributed by atoms with Crippen LogP contribution in [0.4, 0.5) is 10.5 Å². The molecule has 0 aromatic heterocycles. The molecule has 7 nitrogen and oxygen atoms in total. The molecule has 0 spiro atoms. The summed E-state index contributed by atoms with van der Waals surface area (Å²) in [6.45, 7) is 1.85. The molecule has 3 rings (SSSR count). The standard InChI is InChI=1S/C19H27N5O2/c1-19(16(25)24(2)17(20)23-19)12-13-7-6-10-15(11-13)22-18(26)21-14-8-4-3-5-9-14/h3-5,8-9,13,15H,6-7,10-12H2,1-2H3,(H2,20,23)(H2,21,22,26)/t13-,15+,19+/m0/s1. The van der Waals surface area contributed by atoms with E-state index >= 15 is 0 Å². The van der Waals surface area contributed by atoms with Crippen LogP contribution in [0.2, 0.25) is 0 Å². The molecule has 0 saturated heterocycles. The van der Waals surface area contributed by atoms with Crippen LogP contribution in [-0.2, 0) is 4.79 Å². The van der Waals surface area contributed by atoms with Gasteiger partial charge in [-0.05, 0) is 44.2 Å². The van der Waals surface area contributed by atoms with Gasteiger partial charge in [-0.2, -0.15) is 0 Å². The summed E-state index contributed by atoms with van der Waals surface area (Å²) < 4.78 is 0. The van der Waals surface area contributed by atoms with Gasteiger partial charge in [0.15, 0.2) is 5.96 Å². The molecule has 2 aliphatic rings. The quantitative estimate of drug-likeness (QED) is 0.771. The molecule has 1 aromatic rings. The van der Waals surface area contributed by atoms with E-state index in [1.807, 2.05) is 37.3 Å². The van der Waals surface area contributed by atoms with Crippen molar-refractivity contribution in [1.29, 1.82) is 0 Å². The fourth-order valence-electron chi connectivity index (χ4n) is 4.02. The minimum absolute atomic E-state index is 0.0492. The van der Waals surface area contributed by atoms with Gasteiger partial charge < -0.3 is 16.4 Å². The van der Waals surface area contributed by atoms with E-state index in [-0.39, 0.29) is 23.9 Å². The summed E-state index contributed by atoms with van der Waals surface area (Å²) >= 11 is 0. The van der Waals surface area contributed by atoms with Gasteiger partial charge in [0.1, 0.15) is 5.54 Å². The van der Waals surface area contributed by atoms with Crippen molar-refractivity contribution in [3.05, 3.63) is 30.3 Å². The Balaban J connectivity index is 1.54. The number of hydrogen-bond donors (Lipinski definition) is 3. The number of nitrogens with two attached hydrogens (primary N) is 1. The molecule has 0 bridgehead atoms. The normalized spacial score (nSPS) is 28.6. The van der Waals surface area contributed by atoms with E-state index in [9.17, 15) is 9.59 Å². The van der Waals surface area contributed by atoms with Crippen LogP contribution in [0, 0.1) is 5.92 Å². The average molecular weight is 357 g/mol. The zero-order chi connectivity index (χ0) is 18.7. The van der Waals surface area contributed by atoms with Crippen LogP contribution < -0.4 is 16.4 Å². The van der Waals surface area contributed by atoms with Gasteiger partial charge in [0.05, 0.1) is 0 Å². The molecule has 1 aliphatic carbocycles. The number of likely N-dealkylation sites (N-methyl/N-ethyl adjacent to an activating group) is 1. The van der Waals surface area contributed by atoms with Crippen molar-refractivity contribution in [3.8, 4) is 0 Å². The Hall–Kier alpha value is -2.57. The molecule has 1 saturated carbocycles. The third kappa shape index (κ3) is 3.98. The Bertz CT molecular complexity index is 705. The molecule has 7 heteroatoms. The van der Waals surface area contributed by atoms with Crippen LogP contribution in [0.3, 0.4) is 0 Å². The summed E-state index contributed by atoms with van der Waals surface area (Å²) in [5, 5.41) is 5.91. The second-order valence-electron chi connectivity index (χ2n) is 7.51. The number of carbonyl (C=O) groups is 2. The molecule has 140 valence electrons. The highest BCUT2D eigenvalue weighted by Gasteiger charge is 2.44. The van der Waals surface area contributed by atoms with Gasteiger partial charge in [-0.3, -0.25) is 9.69 Å². The topological polar surface area (TPSA) is 99.8 Å². The first-order chi connectivity index (χ1) is 12.4. The fraction of sp³-hybridized carbons (Fsp3) is 0.526. The number of carbonyl (C=O) groups excluding carboxylic acids is 2. The van der Waals surface area contributed by atoms with Crippen molar-refractivity contribution in [2.24, 2.45) is 16.6 Å². The Morgan fingerprint density at radius 1 is 1.35 bits per heavy atom. The van der Waals surface area contributed by atoms with E-state index in [4.69, 9.17) is 5.73 Å². The van der Waals surface area contributed by atoms with Crippen molar-refractivity contribution in [1.82, 2.24) is 10.2 Å². The van der Waals surface area contributed by atoms with Gasteiger partial charge in [-0.25, -0.2) is 9.79 Å². The lowest BCUT2D eigenvalue weighted by molar-refractivity contribution is -0.130. The number of guanidine groups is 1. The number of rotatable bonds is 4. The maximum absolute atomic E-state index is 12.4. The molecule has 1 heterocycles. The number of urea groups is 1. The summed E-state index contributed by atoms with van der Waals surface area (Å²) in [4.78, 5) is 30.4. The highest BCUT2D eigenvalue weighted by molar-refractivity contribution is 6.06. The Kier molecular flexibility index (Phi) is 5.15. The molecular weight excluding hydrogens is 330 g/mol. The van der Waals surface area contributed by atoms with E-state index in [0.29, 0.717) is 12.3 Å². The number of benzene rings is 1. The van der Waals surface area contributed by atoms with Gasteiger partial charge in [0, 0.05) is 18.8 Å². The number of nitrogens with one attached hydrogen (secondary N) is 2. The van der Waals surface area contributed by atoms with Gasteiger partial charge in [0.2, 0.25) is 0 Å². The van der Waals surface area contributed by atoms with Crippen LogP contribution >= 0.6 is 0 Å². The minimum atomic E-state index is -0.780. The van der Waals surface area contributed by atoms with Crippen LogP contribution in [0.1, 0.15) is 39.0 Å². The SMILES string of the molecule is CN1C(=O)[C@@](C)(C[C@H]2CCC[C@@H](NC(=O)Nc3ccccc3)C2)N=C1N. The van der Waals surface area contributed by atoms with Gasteiger partial charge in [-0.1, -0.05) is 31.0 Å². The van der Waals surface area contributed by atoms with Gasteiger partial charge in [-0.15, -0.1) is 0 Å². The maximum atomic E-state index is 12.4. The first-order valence-electron chi connectivity index (χ1n) is 9.13. The second-order valence-corrected chi connectivity index (χ2v) is 7.51. The molecular formula is C19H27N5O2. The number of hydrogen-bond acceptors (Lipinski definition) is 4. The van der Waals surface area contributed by atoms with Crippen molar-refractivity contribution in [2.75, 3.05) is 12.4 Å². The third-order valence-electron chi connectivity index (χ3n) is 5.31. The molecule has 3 amide bonds. The molecule has 1 aliphatic heterocycles. The summed E-state index contributed by atoms with van der Waals surface area (Å²) in [6, 6.07) is 9.31.